The highest BCUT2D eigenvalue weighted by atomic mass is 35.5. The summed E-state index contributed by atoms with van der Waals surface area (Å²) in [5.74, 6) is 6.72. The van der Waals surface area contributed by atoms with Gasteiger partial charge in [0.2, 0.25) is 5.16 Å². The molecule has 3 aromatic rings. The molecule has 2 N–H and O–H groups in total. The van der Waals surface area contributed by atoms with Crippen molar-refractivity contribution in [1.82, 2.24) is 14.9 Å². The number of nitrogens with zero attached hydrogens (tertiary/aromatic N) is 3. The number of halogens is 2. The fraction of sp³-hybridized carbons (Fsp3) is 0.125. The average Bonchev–Trinajstić information content (AvgIpc) is 2.88. The quantitative estimate of drug-likeness (QED) is 0.532. The van der Waals surface area contributed by atoms with E-state index in [1.165, 1.54) is 16.4 Å². The lowest BCUT2D eigenvalue weighted by Gasteiger charge is -2.12. The summed E-state index contributed by atoms with van der Waals surface area (Å²) in [4.78, 5) is 0. The van der Waals surface area contributed by atoms with Crippen LogP contribution in [0.5, 0.6) is 0 Å². The molecule has 2 aromatic carbocycles. The standard InChI is InChI=1S/C16H14Cl2N4S/c1-10(13-7-2-3-8-14(13)18)23-16-21-20-15(22(16)19)11-5-4-6-12(17)9-11/h2-10H,19H2,1H3/t10-/m1/s1. The van der Waals surface area contributed by atoms with Gasteiger partial charge in [0.25, 0.3) is 0 Å². The number of nitrogens with two attached hydrogens (primary N) is 1. The van der Waals surface area contributed by atoms with Gasteiger partial charge in [-0.05, 0) is 30.7 Å². The number of hydrogen-bond donors (Lipinski definition) is 1. The van der Waals surface area contributed by atoms with Crippen molar-refractivity contribution in [3.05, 3.63) is 64.1 Å². The lowest BCUT2D eigenvalue weighted by Crippen LogP contribution is -2.12. The Kier molecular flexibility index (Phi) is 4.80. The molecule has 1 atom stereocenters. The molecule has 0 spiro atoms. The third-order valence-corrected chi connectivity index (χ3v) is 5.05. The van der Waals surface area contributed by atoms with Gasteiger partial charge >= 0.3 is 0 Å². The highest BCUT2D eigenvalue weighted by molar-refractivity contribution is 7.99. The van der Waals surface area contributed by atoms with Gasteiger partial charge in [-0.3, -0.25) is 0 Å². The summed E-state index contributed by atoms with van der Waals surface area (Å²) in [6.45, 7) is 2.06. The van der Waals surface area contributed by atoms with Crippen molar-refractivity contribution in [2.24, 2.45) is 0 Å². The van der Waals surface area contributed by atoms with E-state index in [-0.39, 0.29) is 5.25 Å². The minimum absolute atomic E-state index is 0.0995. The number of hydrogen-bond acceptors (Lipinski definition) is 4. The fourth-order valence-electron chi connectivity index (χ4n) is 2.21. The van der Waals surface area contributed by atoms with Crippen LogP contribution in [-0.2, 0) is 0 Å². The van der Waals surface area contributed by atoms with E-state index >= 15 is 0 Å². The van der Waals surface area contributed by atoms with E-state index in [1.54, 1.807) is 12.1 Å². The number of benzene rings is 2. The van der Waals surface area contributed by atoms with E-state index in [0.717, 1.165) is 16.1 Å². The van der Waals surface area contributed by atoms with E-state index < -0.39 is 0 Å². The average molecular weight is 365 g/mol. The summed E-state index contributed by atoms with van der Waals surface area (Å²) in [6, 6.07) is 15.1. The Hall–Kier alpha value is -1.69. The van der Waals surface area contributed by atoms with Crippen molar-refractivity contribution in [2.45, 2.75) is 17.3 Å². The number of nitrogen functional groups attached to an aromatic ring is 1. The van der Waals surface area contributed by atoms with Gasteiger partial charge in [0.15, 0.2) is 5.82 Å². The van der Waals surface area contributed by atoms with Crippen LogP contribution in [0.2, 0.25) is 10.0 Å². The normalized spacial score (nSPS) is 12.3. The van der Waals surface area contributed by atoms with E-state index in [9.17, 15) is 0 Å². The van der Waals surface area contributed by atoms with Crippen molar-refractivity contribution in [3.63, 3.8) is 0 Å². The molecule has 0 amide bonds. The first-order valence-electron chi connectivity index (χ1n) is 6.94. The molecular weight excluding hydrogens is 351 g/mol. The van der Waals surface area contributed by atoms with Gasteiger partial charge in [0.1, 0.15) is 0 Å². The van der Waals surface area contributed by atoms with Gasteiger partial charge in [-0.15, -0.1) is 10.2 Å². The molecule has 23 heavy (non-hydrogen) atoms. The van der Waals surface area contributed by atoms with Crippen LogP contribution in [0.15, 0.2) is 53.7 Å². The third kappa shape index (κ3) is 3.47. The molecule has 7 heteroatoms. The lowest BCUT2D eigenvalue weighted by molar-refractivity contribution is 0.844. The highest BCUT2D eigenvalue weighted by Crippen LogP contribution is 2.37. The summed E-state index contributed by atoms with van der Waals surface area (Å²) in [5.41, 5.74) is 1.86. The van der Waals surface area contributed by atoms with E-state index in [1.807, 2.05) is 36.4 Å². The van der Waals surface area contributed by atoms with Gasteiger partial charge in [0, 0.05) is 20.9 Å². The van der Waals surface area contributed by atoms with Crippen LogP contribution in [0.25, 0.3) is 11.4 Å². The first-order chi connectivity index (χ1) is 11.1. The summed E-state index contributed by atoms with van der Waals surface area (Å²) in [7, 11) is 0. The zero-order valence-corrected chi connectivity index (χ0v) is 14.6. The molecule has 0 aliphatic carbocycles. The Labute approximate surface area is 148 Å². The molecular formula is C16H14Cl2N4S. The number of rotatable bonds is 4. The zero-order chi connectivity index (χ0) is 16.4. The topological polar surface area (TPSA) is 56.7 Å². The maximum Gasteiger partial charge on any atom is 0.210 e. The van der Waals surface area contributed by atoms with Crippen molar-refractivity contribution < 1.29 is 0 Å². The first kappa shape index (κ1) is 16.2. The van der Waals surface area contributed by atoms with E-state index in [4.69, 9.17) is 29.0 Å². The van der Waals surface area contributed by atoms with Crippen LogP contribution in [-0.4, -0.2) is 14.9 Å². The largest absolute Gasteiger partial charge is 0.335 e. The SMILES string of the molecule is C[C@@H](Sc1nnc(-c2cccc(Cl)c2)n1N)c1ccccc1Cl. The van der Waals surface area contributed by atoms with E-state index in [0.29, 0.717) is 16.0 Å². The minimum atomic E-state index is 0.0995. The molecule has 0 aliphatic rings. The first-order valence-corrected chi connectivity index (χ1v) is 8.57. The second kappa shape index (κ2) is 6.83. The van der Waals surface area contributed by atoms with Gasteiger partial charge in [0.05, 0.1) is 0 Å². The summed E-state index contributed by atoms with van der Waals surface area (Å²) in [5, 5.41) is 10.4. The van der Waals surface area contributed by atoms with Crippen LogP contribution in [0.4, 0.5) is 0 Å². The lowest BCUT2D eigenvalue weighted by atomic mass is 10.2. The Morgan fingerprint density at radius 2 is 1.87 bits per heavy atom. The van der Waals surface area contributed by atoms with Crippen molar-refractivity contribution in [1.29, 1.82) is 0 Å². The Bertz CT molecular complexity index is 834. The Balaban J connectivity index is 1.87. The second-order valence-electron chi connectivity index (χ2n) is 4.97. The van der Waals surface area contributed by atoms with Crippen molar-refractivity contribution in [2.75, 3.05) is 5.84 Å². The molecule has 0 radical (unpaired) electrons. The molecule has 0 aliphatic heterocycles. The molecule has 1 heterocycles. The maximum atomic E-state index is 6.24. The predicted octanol–water partition coefficient (Wildman–Crippen LogP) is 4.82. The summed E-state index contributed by atoms with van der Waals surface area (Å²) in [6.07, 6.45) is 0. The van der Waals surface area contributed by atoms with Crippen molar-refractivity contribution >= 4 is 35.0 Å². The molecule has 0 bridgehead atoms. The van der Waals surface area contributed by atoms with Crippen LogP contribution in [0.1, 0.15) is 17.7 Å². The molecule has 4 nitrogen and oxygen atoms in total. The fourth-order valence-corrected chi connectivity index (χ4v) is 3.70. The molecule has 0 fully saturated rings. The molecule has 0 saturated heterocycles. The molecule has 0 saturated carbocycles. The predicted molar refractivity (Wildman–Crippen MR) is 96.3 cm³/mol. The molecule has 0 unspecified atom stereocenters. The smallest absolute Gasteiger partial charge is 0.210 e. The van der Waals surface area contributed by atoms with Gasteiger partial charge in [-0.25, -0.2) is 4.68 Å². The summed E-state index contributed by atoms with van der Waals surface area (Å²) >= 11 is 13.8. The minimum Gasteiger partial charge on any atom is -0.335 e. The van der Waals surface area contributed by atoms with Crippen LogP contribution >= 0.6 is 35.0 Å². The van der Waals surface area contributed by atoms with Crippen LogP contribution < -0.4 is 5.84 Å². The molecule has 118 valence electrons. The zero-order valence-electron chi connectivity index (χ0n) is 12.3. The number of aromatic nitrogens is 3. The van der Waals surface area contributed by atoms with Gasteiger partial charge < -0.3 is 5.84 Å². The maximum absolute atomic E-state index is 6.24. The third-order valence-electron chi connectivity index (χ3n) is 3.37. The Morgan fingerprint density at radius 1 is 1.09 bits per heavy atom. The molecule has 3 rings (SSSR count). The second-order valence-corrected chi connectivity index (χ2v) is 7.12. The summed E-state index contributed by atoms with van der Waals surface area (Å²) < 4.78 is 1.48. The van der Waals surface area contributed by atoms with Crippen LogP contribution in [0, 0.1) is 0 Å². The van der Waals surface area contributed by atoms with Crippen LogP contribution in [0.3, 0.4) is 0 Å². The molecule has 1 aromatic heterocycles. The van der Waals surface area contributed by atoms with Crippen molar-refractivity contribution in [3.8, 4) is 11.4 Å². The van der Waals surface area contributed by atoms with Gasteiger partial charge in [-0.2, -0.15) is 0 Å². The van der Waals surface area contributed by atoms with E-state index in [2.05, 4.69) is 17.1 Å². The number of thioether (sulfide) groups is 1. The monoisotopic (exact) mass is 364 g/mol. The van der Waals surface area contributed by atoms with Gasteiger partial charge in [-0.1, -0.05) is 65.3 Å². The Morgan fingerprint density at radius 3 is 2.61 bits per heavy atom. The highest BCUT2D eigenvalue weighted by Gasteiger charge is 2.17.